The molecule has 0 saturated heterocycles. The lowest BCUT2D eigenvalue weighted by Crippen LogP contribution is -2.48. The van der Waals surface area contributed by atoms with E-state index in [9.17, 15) is 28.8 Å². The van der Waals surface area contributed by atoms with Gasteiger partial charge in [0.25, 0.3) is 0 Å². The number of halogens is 1. The third kappa shape index (κ3) is 15.5. The van der Waals surface area contributed by atoms with Crippen LogP contribution in [0.15, 0.2) is 58.5 Å². The van der Waals surface area contributed by atoms with Crippen molar-refractivity contribution >= 4 is 65.1 Å². The molecule has 5 N–H and O–H groups in total. The Morgan fingerprint density at radius 2 is 1.27 bits per heavy atom. The van der Waals surface area contributed by atoms with Gasteiger partial charge in [-0.3, -0.25) is 25.5 Å². The summed E-state index contributed by atoms with van der Waals surface area (Å²) < 4.78 is 36.9. The second-order valence-corrected chi connectivity index (χ2v) is 21.0. The second kappa shape index (κ2) is 20.1. The number of ether oxygens (including phenoxy) is 4. The number of nitrogens with one attached hydrogen (secondary N) is 5. The summed E-state index contributed by atoms with van der Waals surface area (Å²) in [6.07, 6.45) is 0.364. The van der Waals surface area contributed by atoms with E-state index in [1.165, 1.54) is 12.1 Å². The van der Waals surface area contributed by atoms with Crippen molar-refractivity contribution < 1.29 is 52.1 Å². The van der Waals surface area contributed by atoms with E-state index in [-0.39, 0.29) is 48.4 Å². The van der Waals surface area contributed by atoms with Gasteiger partial charge < -0.3 is 34.5 Å². The largest absolute Gasteiger partial charge is 0.444 e. The molecular formula is C48H65FN8O10. The van der Waals surface area contributed by atoms with Gasteiger partial charge in [-0.25, -0.2) is 28.6 Å². The highest BCUT2D eigenvalue weighted by molar-refractivity contribution is 6.02. The Morgan fingerprint density at radius 1 is 0.716 bits per heavy atom. The average Bonchev–Trinajstić information content (AvgIpc) is 3.74. The summed E-state index contributed by atoms with van der Waals surface area (Å²) in [4.78, 5) is 87.3. The average molecular weight is 933 g/mol. The molecule has 4 aliphatic rings. The van der Waals surface area contributed by atoms with Gasteiger partial charge in [0.05, 0.1) is 17.6 Å². The fourth-order valence-corrected chi connectivity index (χ4v) is 7.72. The molecule has 18 nitrogen and oxygen atoms in total. The maximum atomic E-state index is 15.6. The third-order valence-corrected chi connectivity index (χ3v) is 10.5. The number of rotatable bonds is 7. The smallest absolute Gasteiger partial charge is 0.437 e. The van der Waals surface area contributed by atoms with Gasteiger partial charge in [-0.05, 0) is 156 Å². The number of guanidine groups is 2. The van der Waals surface area contributed by atoms with Crippen molar-refractivity contribution in [2.24, 2.45) is 27.2 Å². The van der Waals surface area contributed by atoms with Gasteiger partial charge in [-0.15, -0.1) is 4.99 Å². The molecule has 3 fully saturated rings. The van der Waals surface area contributed by atoms with Crippen LogP contribution in [0.2, 0.25) is 0 Å². The molecule has 6 amide bonds. The van der Waals surface area contributed by atoms with Crippen molar-refractivity contribution in [3.05, 3.63) is 65.5 Å². The first-order valence-corrected chi connectivity index (χ1v) is 22.3. The van der Waals surface area contributed by atoms with E-state index >= 15 is 4.39 Å². The summed E-state index contributed by atoms with van der Waals surface area (Å²) in [5.74, 6) is -1.86. The highest BCUT2D eigenvalue weighted by Crippen LogP contribution is 2.62. The molecule has 1 heterocycles. The quantitative estimate of drug-likeness (QED) is 0.100. The number of aliphatic imine (C=N–C) groups is 2. The van der Waals surface area contributed by atoms with Crippen LogP contribution in [0.4, 0.5) is 34.9 Å². The van der Waals surface area contributed by atoms with Crippen LogP contribution in [-0.2, 0) is 35.1 Å². The number of nitrogens with zero attached hydrogens (tertiary/aromatic N) is 3. The predicted molar refractivity (Wildman–Crippen MR) is 250 cm³/mol. The first-order chi connectivity index (χ1) is 30.9. The Morgan fingerprint density at radius 3 is 1.78 bits per heavy atom. The molecule has 2 bridgehead atoms. The molecular weight excluding hydrogens is 868 g/mol. The van der Waals surface area contributed by atoms with Crippen molar-refractivity contribution in [3.63, 3.8) is 0 Å². The molecule has 2 aromatic carbocycles. The van der Waals surface area contributed by atoms with E-state index in [1.54, 1.807) is 118 Å². The SMILES string of the molecule is CC(C)(C)OC(=O)/N=C(/NC(=O)OC(C)(C)C)N1CC=C(c2ccc(NC(=O)C3CC4(C(=O)Nc5ccc(CN=C(NC(=O)OC(C)(C)C)NC(=O)OC(C)(C)C)cc5)CC3C4)c(F)c2)CC1. The van der Waals surface area contributed by atoms with Crippen LogP contribution in [0.3, 0.4) is 0 Å². The standard InChI is InChI=1S/C48H65FN8O10/c1-44(2,3)64-40(60)53-38(54-41(61)65-45(4,5)6)50-27-28-13-16-32(17-14-28)51-37(59)48-24-31(25-48)33(26-48)36(58)52-35-18-15-30(23-34(35)49)29-19-21-57(22-20-29)39(55-42(62)66-46(7,8)9)56-43(63)67-47(10,11)12/h13-19,23,31,33H,20-22,24-27H2,1-12H3,(H,51,59)(H,52,58)(H,55,56,62,63)(H2,50,53,54,60,61). The van der Waals surface area contributed by atoms with E-state index in [4.69, 9.17) is 18.9 Å². The minimum atomic E-state index is -0.881. The van der Waals surface area contributed by atoms with E-state index in [0.29, 0.717) is 49.0 Å². The summed E-state index contributed by atoms with van der Waals surface area (Å²) in [5, 5.41) is 13.2. The molecule has 0 spiro atoms. The van der Waals surface area contributed by atoms with E-state index < -0.39 is 63.9 Å². The Labute approximate surface area is 391 Å². The topological polar surface area (TPSA) is 227 Å². The van der Waals surface area contributed by atoms with E-state index in [1.807, 2.05) is 6.08 Å². The minimum Gasteiger partial charge on any atom is -0.444 e. The number of amides is 6. The molecule has 6 rings (SSSR count). The van der Waals surface area contributed by atoms with Gasteiger partial charge in [0.1, 0.15) is 28.2 Å². The fourth-order valence-electron chi connectivity index (χ4n) is 7.72. The van der Waals surface area contributed by atoms with Gasteiger partial charge in [-0.2, -0.15) is 0 Å². The maximum absolute atomic E-state index is 15.6. The lowest BCUT2D eigenvalue weighted by Gasteiger charge is -2.36. The number of carbonyl (C=O) groups is 6. The van der Waals surface area contributed by atoms with Gasteiger partial charge in [-0.1, -0.05) is 24.3 Å². The Hall–Kier alpha value is -6.53. The zero-order valence-corrected chi connectivity index (χ0v) is 40.5. The number of hydrogen-bond donors (Lipinski definition) is 5. The maximum Gasteiger partial charge on any atom is 0.437 e. The number of anilines is 2. The van der Waals surface area contributed by atoms with Gasteiger partial charge in [0.15, 0.2) is 0 Å². The minimum absolute atomic E-state index is 0.0185. The van der Waals surface area contributed by atoms with Crippen LogP contribution in [0.5, 0.6) is 0 Å². The van der Waals surface area contributed by atoms with Crippen molar-refractivity contribution in [3.8, 4) is 0 Å². The van der Waals surface area contributed by atoms with Crippen LogP contribution in [0.25, 0.3) is 5.57 Å². The van der Waals surface area contributed by atoms with Crippen LogP contribution in [0, 0.1) is 23.1 Å². The lowest BCUT2D eigenvalue weighted by molar-refractivity contribution is -0.129. The summed E-state index contributed by atoms with van der Waals surface area (Å²) in [6, 6.07) is 11.5. The molecule has 3 saturated carbocycles. The highest BCUT2D eigenvalue weighted by Gasteiger charge is 2.62. The van der Waals surface area contributed by atoms with E-state index in [0.717, 1.165) is 5.57 Å². The number of fused-ring (bicyclic) bond motifs is 1. The van der Waals surface area contributed by atoms with Gasteiger partial charge in [0.2, 0.25) is 23.7 Å². The molecule has 3 aliphatic carbocycles. The Kier molecular flexibility index (Phi) is 15.5. The molecule has 19 heteroatoms. The zero-order valence-electron chi connectivity index (χ0n) is 40.5. The molecule has 1 atom stereocenters. The van der Waals surface area contributed by atoms with Crippen molar-refractivity contribution in [1.82, 2.24) is 20.9 Å². The predicted octanol–water partition coefficient (Wildman–Crippen LogP) is 8.63. The number of alkyl carbamates (subject to hydrolysis) is 3. The normalized spacial score (nSPS) is 19.4. The van der Waals surface area contributed by atoms with Gasteiger partial charge >= 0.3 is 24.4 Å². The van der Waals surface area contributed by atoms with Crippen molar-refractivity contribution in [1.29, 1.82) is 0 Å². The molecule has 364 valence electrons. The number of hydrogen-bond acceptors (Lipinski definition) is 11. The molecule has 2 aromatic rings. The first kappa shape index (κ1) is 51.5. The van der Waals surface area contributed by atoms with Crippen LogP contribution in [0.1, 0.15) is 120 Å². The highest BCUT2D eigenvalue weighted by atomic mass is 19.1. The molecule has 1 aliphatic heterocycles. The van der Waals surface area contributed by atoms with Crippen LogP contribution >= 0.6 is 0 Å². The summed E-state index contributed by atoms with van der Waals surface area (Å²) in [7, 11) is 0. The first-order valence-electron chi connectivity index (χ1n) is 22.3. The number of carbonyl (C=O) groups excluding carboxylic acids is 6. The lowest BCUT2D eigenvalue weighted by atomic mass is 9.68. The van der Waals surface area contributed by atoms with Crippen molar-refractivity contribution in [2.45, 2.75) is 138 Å². The Balaban J connectivity index is 1.16. The summed E-state index contributed by atoms with van der Waals surface area (Å²) in [6.45, 7) is 21.1. The molecule has 0 radical (unpaired) electrons. The number of benzene rings is 2. The summed E-state index contributed by atoms with van der Waals surface area (Å²) in [5.41, 5.74) is -1.19. The second-order valence-electron chi connectivity index (χ2n) is 21.0. The Bertz CT molecular complexity index is 2280. The summed E-state index contributed by atoms with van der Waals surface area (Å²) >= 11 is 0. The third-order valence-electron chi connectivity index (χ3n) is 10.5. The molecule has 0 aromatic heterocycles. The molecule has 1 unspecified atom stereocenters. The zero-order chi connectivity index (χ0) is 49.7. The van der Waals surface area contributed by atoms with Gasteiger partial charge in [0, 0.05) is 24.7 Å². The van der Waals surface area contributed by atoms with Crippen LogP contribution < -0.4 is 26.6 Å². The van der Waals surface area contributed by atoms with Crippen LogP contribution in [-0.4, -0.2) is 88.5 Å². The monoisotopic (exact) mass is 932 g/mol. The van der Waals surface area contributed by atoms with Crippen molar-refractivity contribution in [2.75, 3.05) is 23.7 Å². The van der Waals surface area contributed by atoms with E-state index in [2.05, 4.69) is 36.6 Å². The molecule has 67 heavy (non-hydrogen) atoms. The fraction of sp³-hybridized carbons (Fsp3) is 0.542.